The first-order valence-corrected chi connectivity index (χ1v) is 16.0. The molecule has 4 aromatic rings. The first-order valence-electron chi connectivity index (χ1n) is 15.1. The molecule has 1 saturated heterocycles. The van der Waals surface area contributed by atoms with Gasteiger partial charge in [-0.25, -0.2) is 9.78 Å². The fourth-order valence-corrected chi connectivity index (χ4v) is 6.48. The van der Waals surface area contributed by atoms with Crippen LogP contribution in [-0.2, 0) is 13.2 Å². The van der Waals surface area contributed by atoms with Gasteiger partial charge in [-0.2, -0.15) is 0 Å². The molecule has 220 valence electrons. The molecule has 1 aliphatic heterocycles. The van der Waals surface area contributed by atoms with E-state index in [9.17, 15) is 4.79 Å². The normalized spacial score (nSPS) is 13.9. The minimum absolute atomic E-state index is 0.322. The second kappa shape index (κ2) is 14.5. The number of aromatic nitrogens is 1. The number of hydrogen-bond donors (Lipinski definition) is 1. The molecule has 0 spiro atoms. The first-order chi connectivity index (χ1) is 20.5. The molecule has 5 rings (SSSR count). The maximum Gasteiger partial charge on any atom is 0.335 e. The van der Waals surface area contributed by atoms with Crippen molar-refractivity contribution in [1.29, 1.82) is 0 Å². The SMILES string of the molecule is CCCC(CCC)c1ccc(COc2ccc(-c3csc(CN4CCN(c5ccc(C(=O)O)cc5)CC4)n3)cc2)cc1. The van der Waals surface area contributed by atoms with Gasteiger partial charge in [0.15, 0.2) is 0 Å². The summed E-state index contributed by atoms with van der Waals surface area (Å²) in [5.41, 5.74) is 6.13. The third kappa shape index (κ3) is 7.78. The Labute approximate surface area is 253 Å². The van der Waals surface area contributed by atoms with E-state index >= 15 is 0 Å². The highest BCUT2D eigenvalue weighted by atomic mass is 32.1. The number of rotatable bonds is 13. The van der Waals surface area contributed by atoms with Crippen LogP contribution in [0.2, 0.25) is 0 Å². The van der Waals surface area contributed by atoms with Gasteiger partial charge in [0.25, 0.3) is 0 Å². The summed E-state index contributed by atoms with van der Waals surface area (Å²) >= 11 is 1.71. The monoisotopic (exact) mass is 583 g/mol. The van der Waals surface area contributed by atoms with Crippen molar-refractivity contribution in [1.82, 2.24) is 9.88 Å². The number of aromatic carboxylic acids is 1. The molecule has 6 nitrogen and oxygen atoms in total. The summed E-state index contributed by atoms with van der Waals surface area (Å²) in [5, 5.41) is 12.4. The summed E-state index contributed by atoms with van der Waals surface area (Å²) in [6.07, 6.45) is 4.95. The number of anilines is 1. The molecule has 1 fully saturated rings. The average Bonchev–Trinajstić information content (AvgIpc) is 3.49. The summed E-state index contributed by atoms with van der Waals surface area (Å²) in [7, 11) is 0. The molecule has 0 atom stereocenters. The number of benzene rings is 3. The third-order valence-electron chi connectivity index (χ3n) is 8.04. The largest absolute Gasteiger partial charge is 0.489 e. The Morgan fingerprint density at radius 1 is 0.905 bits per heavy atom. The number of hydrogen-bond acceptors (Lipinski definition) is 6. The van der Waals surface area contributed by atoms with E-state index in [4.69, 9.17) is 14.8 Å². The number of carboxylic acids is 1. The fraction of sp³-hybridized carbons (Fsp3) is 0.371. The van der Waals surface area contributed by atoms with Crippen molar-refractivity contribution in [3.8, 4) is 17.0 Å². The molecule has 2 heterocycles. The van der Waals surface area contributed by atoms with E-state index in [1.807, 2.05) is 24.3 Å². The number of piperazine rings is 1. The van der Waals surface area contributed by atoms with E-state index in [0.29, 0.717) is 18.1 Å². The van der Waals surface area contributed by atoms with Crippen LogP contribution in [0.15, 0.2) is 78.2 Å². The van der Waals surface area contributed by atoms with Crippen molar-refractivity contribution in [2.24, 2.45) is 0 Å². The quantitative estimate of drug-likeness (QED) is 0.172. The summed E-state index contributed by atoms with van der Waals surface area (Å²) < 4.78 is 6.09. The van der Waals surface area contributed by atoms with E-state index in [1.54, 1.807) is 23.5 Å². The molecule has 42 heavy (non-hydrogen) atoms. The zero-order chi connectivity index (χ0) is 29.3. The van der Waals surface area contributed by atoms with Crippen molar-refractivity contribution in [2.75, 3.05) is 31.1 Å². The van der Waals surface area contributed by atoms with Gasteiger partial charge in [0, 0.05) is 42.8 Å². The minimum Gasteiger partial charge on any atom is -0.489 e. The Balaban J connectivity index is 1.09. The summed E-state index contributed by atoms with van der Waals surface area (Å²) in [5.74, 6) is 0.636. The van der Waals surface area contributed by atoms with Gasteiger partial charge in [0.1, 0.15) is 17.4 Å². The van der Waals surface area contributed by atoms with Crippen molar-refractivity contribution < 1.29 is 14.6 Å². The van der Waals surface area contributed by atoms with Gasteiger partial charge in [-0.3, -0.25) is 4.90 Å². The van der Waals surface area contributed by atoms with Gasteiger partial charge in [0.05, 0.1) is 17.8 Å². The minimum atomic E-state index is -0.891. The molecule has 3 aromatic carbocycles. The number of thiazole rings is 1. The lowest BCUT2D eigenvalue weighted by Gasteiger charge is -2.35. The van der Waals surface area contributed by atoms with Crippen LogP contribution in [0.3, 0.4) is 0 Å². The Hall–Kier alpha value is -3.68. The lowest BCUT2D eigenvalue weighted by Crippen LogP contribution is -2.45. The van der Waals surface area contributed by atoms with Crippen LogP contribution in [0, 0.1) is 0 Å². The zero-order valence-corrected chi connectivity index (χ0v) is 25.5. The molecule has 0 unspecified atom stereocenters. The number of nitrogens with zero attached hydrogens (tertiary/aromatic N) is 3. The molecule has 1 N–H and O–H groups in total. The Morgan fingerprint density at radius 2 is 1.57 bits per heavy atom. The smallest absolute Gasteiger partial charge is 0.335 e. The highest BCUT2D eigenvalue weighted by molar-refractivity contribution is 7.09. The number of carbonyl (C=O) groups is 1. The van der Waals surface area contributed by atoms with Crippen LogP contribution in [0.25, 0.3) is 11.3 Å². The van der Waals surface area contributed by atoms with Crippen LogP contribution in [-0.4, -0.2) is 47.1 Å². The topological polar surface area (TPSA) is 65.9 Å². The summed E-state index contributed by atoms with van der Waals surface area (Å²) in [4.78, 5) is 20.8. The van der Waals surface area contributed by atoms with Gasteiger partial charge in [-0.1, -0.05) is 51.0 Å². The van der Waals surface area contributed by atoms with E-state index in [-0.39, 0.29) is 0 Å². The molecule has 1 aliphatic rings. The molecule has 1 aromatic heterocycles. The third-order valence-corrected chi connectivity index (χ3v) is 8.88. The number of ether oxygens (including phenoxy) is 1. The highest BCUT2D eigenvalue weighted by Crippen LogP contribution is 2.28. The van der Waals surface area contributed by atoms with Gasteiger partial charge >= 0.3 is 5.97 Å². The molecular formula is C35H41N3O3S. The molecular weight excluding hydrogens is 542 g/mol. The van der Waals surface area contributed by atoms with Crippen LogP contribution in [0.1, 0.15) is 71.9 Å². The maximum atomic E-state index is 11.1. The Bertz CT molecular complexity index is 1400. The Morgan fingerprint density at radius 3 is 2.19 bits per heavy atom. The van der Waals surface area contributed by atoms with Crippen molar-refractivity contribution in [3.05, 3.63) is 99.9 Å². The maximum absolute atomic E-state index is 11.1. The van der Waals surface area contributed by atoms with Crippen LogP contribution in [0.5, 0.6) is 5.75 Å². The van der Waals surface area contributed by atoms with E-state index < -0.39 is 5.97 Å². The molecule has 0 radical (unpaired) electrons. The Kier molecular flexibility index (Phi) is 10.3. The predicted molar refractivity (Wildman–Crippen MR) is 172 cm³/mol. The molecule has 0 bridgehead atoms. The summed E-state index contributed by atoms with van der Waals surface area (Å²) in [6, 6.07) is 24.4. The lowest BCUT2D eigenvalue weighted by molar-refractivity contribution is 0.0697. The first kappa shape index (κ1) is 29.8. The van der Waals surface area contributed by atoms with E-state index in [1.165, 1.54) is 36.8 Å². The average molecular weight is 584 g/mol. The molecule has 0 amide bonds. The standard InChI is InChI=1S/C35H41N3O3S/c1-3-5-27(6-4-2)28-9-7-26(8-10-28)24-41-32-17-13-29(14-18-32)33-25-42-34(36-33)23-37-19-21-38(22-20-37)31-15-11-30(12-16-31)35(39)40/h7-18,25,27H,3-6,19-24H2,1-2H3,(H,39,40). The van der Waals surface area contributed by atoms with Crippen molar-refractivity contribution in [3.63, 3.8) is 0 Å². The van der Waals surface area contributed by atoms with Gasteiger partial charge < -0.3 is 14.7 Å². The molecule has 0 aliphatic carbocycles. The van der Waals surface area contributed by atoms with Gasteiger partial charge in [-0.15, -0.1) is 11.3 Å². The van der Waals surface area contributed by atoms with Crippen LogP contribution in [0.4, 0.5) is 5.69 Å². The van der Waals surface area contributed by atoms with Crippen molar-refractivity contribution in [2.45, 2.75) is 58.6 Å². The second-order valence-electron chi connectivity index (χ2n) is 11.1. The van der Waals surface area contributed by atoms with E-state index in [0.717, 1.165) is 60.4 Å². The van der Waals surface area contributed by atoms with Crippen LogP contribution < -0.4 is 9.64 Å². The zero-order valence-electron chi connectivity index (χ0n) is 24.7. The summed E-state index contributed by atoms with van der Waals surface area (Å²) in [6.45, 7) is 9.65. The van der Waals surface area contributed by atoms with E-state index in [2.05, 4.69) is 65.4 Å². The second-order valence-corrected chi connectivity index (χ2v) is 12.0. The fourth-order valence-electron chi connectivity index (χ4n) is 5.64. The molecule has 0 saturated carbocycles. The molecule has 7 heteroatoms. The van der Waals surface area contributed by atoms with Gasteiger partial charge in [-0.05, 0) is 78.4 Å². The lowest BCUT2D eigenvalue weighted by atomic mass is 9.90. The van der Waals surface area contributed by atoms with Crippen molar-refractivity contribution >= 4 is 23.0 Å². The van der Waals surface area contributed by atoms with Crippen LogP contribution >= 0.6 is 11.3 Å². The predicted octanol–water partition coefficient (Wildman–Crippen LogP) is 8.09. The van der Waals surface area contributed by atoms with Gasteiger partial charge in [0.2, 0.25) is 0 Å². The highest BCUT2D eigenvalue weighted by Gasteiger charge is 2.19. The number of carboxylic acid groups (broad SMARTS) is 1.